The molecule has 2 heterocycles. The molecule has 0 atom stereocenters. The SMILES string of the molecule is Cc1ccc(NC(=O)N(CCc2csc3nc(-c4ccc(Cl)cc4)cn23)Cc2ccccc2)cc1C. The lowest BCUT2D eigenvalue weighted by atomic mass is 10.1. The van der Waals surface area contributed by atoms with Crippen molar-refractivity contribution in [3.63, 3.8) is 0 Å². The number of aryl methyl sites for hydroxylation is 2. The average Bonchev–Trinajstić information content (AvgIpc) is 3.46. The molecule has 0 radical (unpaired) electrons. The Morgan fingerprint density at radius 3 is 2.56 bits per heavy atom. The third-order valence-electron chi connectivity index (χ3n) is 6.32. The molecule has 5 rings (SSSR count). The highest BCUT2D eigenvalue weighted by atomic mass is 35.5. The minimum atomic E-state index is -0.110. The fraction of sp³-hybridized carbons (Fsp3) is 0.172. The topological polar surface area (TPSA) is 49.6 Å². The first-order valence-corrected chi connectivity index (χ1v) is 13.1. The fourth-order valence-corrected chi connectivity index (χ4v) is 5.13. The Balaban J connectivity index is 1.35. The molecule has 0 aliphatic rings. The predicted molar refractivity (Wildman–Crippen MR) is 149 cm³/mol. The zero-order chi connectivity index (χ0) is 25.1. The Bertz CT molecular complexity index is 1490. The number of imidazole rings is 1. The van der Waals surface area contributed by atoms with Crippen LogP contribution in [0.4, 0.5) is 10.5 Å². The van der Waals surface area contributed by atoms with Gasteiger partial charge in [-0.15, -0.1) is 11.3 Å². The largest absolute Gasteiger partial charge is 0.322 e. The molecule has 0 fully saturated rings. The van der Waals surface area contributed by atoms with E-state index in [4.69, 9.17) is 16.6 Å². The van der Waals surface area contributed by atoms with Crippen molar-refractivity contribution in [2.75, 3.05) is 11.9 Å². The van der Waals surface area contributed by atoms with Crippen LogP contribution in [0.25, 0.3) is 16.2 Å². The van der Waals surface area contributed by atoms with Gasteiger partial charge in [0.15, 0.2) is 4.96 Å². The molecule has 182 valence electrons. The number of fused-ring (bicyclic) bond motifs is 1. The molecule has 2 aromatic heterocycles. The number of halogens is 1. The summed E-state index contributed by atoms with van der Waals surface area (Å²) in [5, 5.41) is 5.91. The molecule has 0 aliphatic carbocycles. The first-order chi connectivity index (χ1) is 17.5. The number of hydrogen-bond donors (Lipinski definition) is 1. The summed E-state index contributed by atoms with van der Waals surface area (Å²) in [4.78, 5) is 20.9. The molecule has 0 saturated carbocycles. The van der Waals surface area contributed by atoms with Gasteiger partial charge in [-0.2, -0.15) is 0 Å². The van der Waals surface area contributed by atoms with Crippen molar-refractivity contribution in [2.24, 2.45) is 0 Å². The highest BCUT2D eigenvalue weighted by Crippen LogP contribution is 2.25. The van der Waals surface area contributed by atoms with E-state index in [0.29, 0.717) is 24.5 Å². The molecule has 0 unspecified atom stereocenters. The third kappa shape index (κ3) is 5.45. The van der Waals surface area contributed by atoms with E-state index in [9.17, 15) is 4.79 Å². The number of rotatable bonds is 7. The molecule has 7 heteroatoms. The van der Waals surface area contributed by atoms with Gasteiger partial charge in [-0.25, -0.2) is 9.78 Å². The molecule has 0 aliphatic heterocycles. The minimum absolute atomic E-state index is 0.110. The van der Waals surface area contributed by atoms with E-state index in [-0.39, 0.29) is 6.03 Å². The third-order valence-corrected chi connectivity index (χ3v) is 7.46. The molecule has 2 amide bonds. The Kier molecular flexibility index (Phi) is 7.07. The maximum absolute atomic E-state index is 13.3. The normalized spacial score (nSPS) is 11.1. The van der Waals surface area contributed by atoms with E-state index < -0.39 is 0 Å². The van der Waals surface area contributed by atoms with Crippen LogP contribution in [0.3, 0.4) is 0 Å². The Morgan fingerprint density at radius 1 is 1.03 bits per heavy atom. The summed E-state index contributed by atoms with van der Waals surface area (Å²) in [5.74, 6) is 0. The standard InChI is InChI=1S/C29H27ClN4OS/c1-20-8-13-25(16-21(20)2)31-28(35)33(17-22-6-4-3-5-7-22)15-14-26-19-36-29-32-27(18-34(26)29)23-9-11-24(30)12-10-23/h3-13,16,18-19H,14-15,17H2,1-2H3,(H,31,35). The van der Waals surface area contributed by atoms with Crippen molar-refractivity contribution < 1.29 is 4.79 Å². The van der Waals surface area contributed by atoms with Crippen LogP contribution in [-0.4, -0.2) is 26.9 Å². The van der Waals surface area contributed by atoms with Crippen molar-refractivity contribution >= 4 is 39.6 Å². The number of nitrogens with zero attached hydrogens (tertiary/aromatic N) is 3. The van der Waals surface area contributed by atoms with E-state index >= 15 is 0 Å². The van der Waals surface area contributed by atoms with Gasteiger partial charge >= 0.3 is 6.03 Å². The summed E-state index contributed by atoms with van der Waals surface area (Å²) < 4.78 is 2.12. The van der Waals surface area contributed by atoms with Gasteiger partial charge in [0.05, 0.1) is 5.69 Å². The molecule has 3 aromatic carbocycles. The molecule has 36 heavy (non-hydrogen) atoms. The van der Waals surface area contributed by atoms with Crippen LogP contribution in [0.1, 0.15) is 22.4 Å². The summed E-state index contributed by atoms with van der Waals surface area (Å²) in [5.41, 5.74) is 7.32. The van der Waals surface area contributed by atoms with Crippen LogP contribution in [0.2, 0.25) is 5.02 Å². The van der Waals surface area contributed by atoms with Gasteiger partial charge < -0.3 is 10.2 Å². The summed E-state index contributed by atoms with van der Waals surface area (Å²) >= 11 is 7.65. The van der Waals surface area contributed by atoms with Gasteiger partial charge in [0.25, 0.3) is 0 Å². The predicted octanol–water partition coefficient (Wildman–Crippen LogP) is 7.61. The van der Waals surface area contributed by atoms with Crippen LogP contribution in [0.5, 0.6) is 0 Å². The number of carbonyl (C=O) groups is 1. The summed E-state index contributed by atoms with van der Waals surface area (Å²) in [6, 6.07) is 23.7. The molecule has 0 spiro atoms. The lowest BCUT2D eigenvalue weighted by Crippen LogP contribution is -2.36. The minimum Gasteiger partial charge on any atom is -0.320 e. The number of carbonyl (C=O) groups excluding carboxylic acids is 1. The number of thiazole rings is 1. The van der Waals surface area contributed by atoms with Crippen LogP contribution in [-0.2, 0) is 13.0 Å². The van der Waals surface area contributed by atoms with E-state index in [1.165, 1.54) is 5.56 Å². The van der Waals surface area contributed by atoms with E-state index in [0.717, 1.165) is 38.7 Å². The Morgan fingerprint density at radius 2 is 1.81 bits per heavy atom. The van der Waals surface area contributed by atoms with Gasteiger partial charge in [-0.05, 0) is 54.8 Å². The maximum atomic E-state index is 13.3. The van der Waals surface area contributed by atoms with Gasteiger partial charge in [0, 0.05) is 53.1 Å². The second kappa shape index (κ2) is 10.6. The number of benzene rings is 3. The summed E-state index contributed by atoms with van der Waals surface area (Å²) in [6.07, 6.45) is 2.77. The number of amides is 2. The molecular formula is C29H27ClN4OS. The lowest BCUT2D eigenvalue weighted by molar-refractivity contribution is 0.209. The van der Waals surface area contributed by atoms with Crippen molar-refractivity contribution in [1.82, 2.24) is 14.3 Å². The monoisotopic (exact) mass is 514 g/mol. The smallest absolute Gasteiger partial charge is 0.320 e. The molecule has 0 bridgehead atoms. The maximum Gasteiger partial charge on any atom is 0.322 e. The first kappa shape index (κ1) is 24.1. The molecule has 0 saturated heterocycles. The fourth-order valence-electron chi connectivity index (χ4n) is 4.10. The Labute approximate surface area is 220 Å². The first-order valence-electron chi connectivity index (χ1n) is 11.8. The highest BCUT2D eigenvalue weighted by Gasteiger charge is 2.17. The zero-order valence-electron chi connectivity index (χ0n) is 20.2. The highest BCUT2D eigenvalue weighted by molar-refractivity contribution is 7.15. The molecular weight excluding hydrogens is 488 g/mol. The average molecular weight is 515 g/mol. The van der Waals surface area contributed by atoms with Crippen LogP contribution >= 0.6 is 22.9 Å². The van der Waals surface area contributed by atoms with Crippen molar-refractivity contribution in [2.45, 2.75) is 26.8 Å². The lowest BCUT2D eigenvalue weighted by Gasteiger charge is -2.23. The number of hydrogen-bond acceptors (Lipinski definition) is 3. The van der Waals surface area contributed by atoms with Crippen molar-refractivity contribution in [1.29, 1.82) is 0 Å². The van der Waals surface area contributed by atoms with Gasteiger partial charge in [-0.1, -0.05) is 60.1 Å². The van der Waals surface area contributed by atoms with Crippen LogP contribution in [0, 0.1) is 13.8 Å². The van der Waals surface area contributed by atoms with E-state index in [1.807, 2.05) is 77.7 Å². The van der Waals surface area contributed by atoms with Crippen molar-refractivity contribution in [3.8, 4) is 11.3 Å². The number of aromatic nitrogens is 2. The number of urea groups is 1. The van der Waals surface area contributed by atoms with Gasteiger partial charge in [0.2, 0.25) is 0 Å². The molecule has 5 aromatic rings. The number of nitrogens with one attached hydrogen (secondary N) is 1. The zero-order valence-corrected chi connectivity index (χ0v) is 21.8. The Hall–Kier alpha value is -3.61. The van der Waals surface area contributed by atoms with Crippen LogP contribution in [0.15, 0.2) is 84.4 Å². The number of anilines is 1. The van der Waals surface area contributed by atoms with E-state index in [1.54, 1.807) is 11.3 Å². The molecule has 1 N–H and O–H groups in total. The van der Waals surface area contributed by atoms with Gasteiger partial charge in [0.1, 0.15) is 0 Å². The van der Waals surface area contributed by atoms with E-state index in [2.05, 4.69) is 35.1 Å². The van der Waals surface area contributed by atoms with Crippen molar-refractivity contribution in [3.05, 3.63) is 112 Å². The quantitative estimate of drug-likeness (QED) is 0.243. The summed E-state index contributed by atoms with van der Waals surface area (Å²) in [7, 11) is 0. The van der Waals surface area contributed by atoms with Gasteiger partial charge in [-0.3, -0.25) is 4.40 Å². The second-order valence-electron chi connectivity index (χ2n) is 8.90. The van der Waals surface area contributed by atoms with Crippen LogP contribution < -0.4 is 5.32 Å². The molecule has 5 nitrogen and oxygen atoms in total. The summed E-state index contributed by atoms with van der Waals surface area (Å²) in [6.45, 7) is 5.23. The second-order valence-corrected chi connectivity index (χ2v) is 10.2.